The predicted octanol–water partition coefficient (Wildman–Crippen LogP) is 5.42. The van der Waals surface area contributed by atoms with Crippen LogP contribution < -0.4 is 0 Å². The zero-order chi connectivity index (χ0) is 19.6. The van der Waals surface area contributed by atoms with Gasteiger partial charge in [0.25, 0.3) is 0 Å². The van der Waals surface area contributed by atoms with E-state index in [9.17, 15) is 18.0 Å². The standard InChI is InChI=1S/C17H9Cl2F3N2O3/c18-10-2-3-12(13(19)5-10)14-6-11(27-24-14)8-26-16(25)9-1-4-15(23-7-9)17(20,21)22/h1-7H,8H2. The number of hydrogen-bond acceptors (Lipinski definition) is 5. The maximum absolute atomic E-state index is 12.5. The second-order valence-corrected chi connectivity index (χ2v) is 6.15. The van der Waals surface area contributed by atoms with E-state index in [2.05, 4.69) is 10.1 Å². The van der Waals surface area contributed by atoms with Crippen molar-refractivity contribution in [2.75, 3.05) is 0 Å². The third-order valence-electron chi connectivity index (χ3n) is 3.40. The Kier molecular flexibility index (Phi) is 5.38. The molecule has 2 heterocycles. The lowest BCUT2D eigenvalue weighted by Crippen LogP contribution is -2.10. The van der Waals surface area contributed by atoms with Gasteiger partial charge in [0.05, 0.1) is 10.6 Å². The zero-order valence-electron chi connectivity index (χ0n) is 13.3. The maximum Gasteiger partial charge on any atom is 0.433 e. The monoisotopic (exact) mass is 416 g/mol. The molecule has 5 nitrogen and oxygen atoms in total. The third-order valence-corrected chi connectivity index (χ3v) is 3.95. The lowest BCUT2D eigenvalue weighted by molar-refractivity contribution is -0.141. The summed E-state index contributed by atoms with van der Waals surface area (Å²) in [5, 5.41) is 4.67. The normalized spacial score (nSPS) is 11.4. The summed E-state index contributed by atoms with van der Waals surface area (Å²) in [5.41, 5.74) is -0.226. The van der Waals surface area contributed by atoms with Gasteiger partial charge in [0.1, 0.15) is 11.4 Å². The van der Waals surface area contributed by atoms with Crippen LogP contribution in [0.5, 0.6) is 0 Å². The molecule has 0 N–H and O–H groups in total. The molecule has 0 bridgehead atoms. The van der Waals surface area contributed by atoms with Crippen molar-refractivity contribution in [3.63, 3.8) is 0 Å². The van der Waals surface area contributed by atoms with Gasteiger partial charge in [-0.1, -0.05) is 28.4 Å². The van der Waals surface area contributed by atoms with Gasteiger partial charge in [0.15, 0.2) is 12.4 Å². The molecule has 0 saturated heterocycles. The highest BCUT2D eigenvalue weighted by molar-refractivity contribution is 6.36. The van der Waals surface area contributed by atoms with Crippen LogP contribution in [0, 0.1) is 0 Å². The molecular weight excluding hydrogens is 408 g/mol. The second kappa shape index (κ2) is 7.58. The Labute approximate surface area is 160 Å². The lowest BCUT2D eigenvalue weighted by atomic mass is 10.1. The van der Waals surface area contributed by atoms with Crippen LogP contribution >= 0.6 is 23.2 Å². The molecule has 140 valence electrons. The molecule has 0 saturated carbocycles. The number of ether oxygens (including phenoxy) is 1. The smallest absolute Gasteiger partial charge is 0.433 e. The Balaban J connectivity index is 1.65. The first kappa shape index (κ1) is 19.2. The van der Waals surface area contributed by atoms with E-state index in [1.807, 2.05) is 0 Å². The number of pyridine rings is 1. The molecule has 1 aromatic carbocycles. The van der Waals surface area contributed by atoms with Crippen molar-refractivity contribution in [2.45, 2.75) is 12.8 Å². The van der Waals surface area contributed by atoms with E-state index < -0.39 is 17.8 Å². The summed E-state index contributed by atoms with van der Waals surface area (Å²) in [6.45, 7) is -0.266. The number of carbonyl (C=O) groups is 1. The van der Waals surface area contributed by atoms with Crippen molar-refractivity contribution in [3.05, 3.63) is 69.7 Å². The molecule has 0 amide bonds. The van der Waals surface area contributed by atoms with Gasteiger partial charge >= 0.3 is 12.1 Å². The molecule has 0 unspecified atom stereocenters. The molecule has 0 aliphatic heterocycles. The minimum absolute atomic E-state index is 0.122. The third kappa shape index (κ3) is 4.58. The average molecular weight is 417 g/mol. The minimum atomic E-state index is -4.58. The molecule has 0 fully saturated rings. The van der Waals surface area contributed by atoms with Gasteiger partial charge in [-0.15, -0.1) is 0 Å². The zero-order valence-corrected chi connectivity index (χ0v) is 14.8. The number of carbonyl (C=O) groups excluding carboxylic acids is 1. The maximum atomic E-state index is 12.5. The van der Waals surface area contributed by atoms with Gasteiger partial charge in [0.2, 0.25) is 0 Å². The quantitative estimate of drug-likeness (QED) is 0.531. The number of hydrogen-bond donors (Lipinski definition) is 0. The number of alkyl halides is 3. The summed E-state index contributed by atoms with van der Waals surface area (Å²) in [4.78, 5) is 15.1. The number of halogens is 5. The van der Waals surface area contributed by atoms with Crippen LogP contribution in [0.25, 0.3) is 11.3 Å². The number of nitrogens with zero attached hydrogens (tertiary/aromatic N) is 2. The highest BCUT2D eigenvalue weighted by atomic mass is 35.5. The first-order valence-electron chi connectivity index (χ1n) is 7.35. The molecule has 3 aromatic rings. The first-order chi connectivity index (χ1) is 12.7. The van der Waals surface area contributed by atoms with E-state index in [4.69, 9.17) is 32.5 Å². The summed E-state index contributed by atoms with van der Waals surface area (Å²) in [6.07, 6.45) is -3.79. The summed E-state index contributed by atoms with van der Waals surface area (Å²) in [7, 11) is 0. The molecule has 0 spiro atoms. The Morgan fingerprint density at radius 1 is 1.15 bits per heavy atom. The van der Waals surface area contributed by atoms with Crippen LogP contribution in [-0.2, 0) is 17.5 Å². The van der Waals surface area contributed by atoms with Crippen molar-refractivity contribution < 1.29 is 27.2 Å². The van der Waals surface area contributed by atoms with E-state index in [-0.39, 0.29) is 17.9 Å². The molecule has 10 heteroatoms. The van der Waals surface area contributed by atoms with Gasteiger partial charge in [0, 0.05) is 22.8 Å². The van der Waals surface area contributed by atoms with Gasteiger partial charge in [-0.05, 0) is 30.3 Å². The van der Waals surface area contributed by atoms with Gasteiger partial charge in [-0.25, -0.2) is 4.79 Å². The molecule has 0 aliphatic carbocycles. The molecule has 0 atom stereocenters. The number of benzene rings is 1. The highest BCUT2D eigenvalue weighted by Gasteiger charge is 2.32. The highest BCUT2D eigenvalue weighted by Crippen LogP contribution is 2.30. The van der Waals surface area contributed by atoms with Crippen LogP contribution in [-0.4, -0.2) is 16.1 Å². The largest absolute Gasteiger partial charge is 0.454 e. The van der Waals surface area contributed by atoms with E-state index in [1.54, 1.807) is 18.2 Å². The topological polar surface area (TPSA) is 65.2 Å². The van der Waals surface area contributed by atoms with Crippen molar-refractivity contribution in [1.29, 1.82) is 0 Å². The first-order valence-corrected chi connectivity index (χ1v) is 8.11. The van der Waals surface area contributed by atoms with Crippen LogP contribution in [0.2, 0.25) is 10.0 Å². The molecule has 0 aliphatic rings. The van der Waals surface area contributed by atoms with Crippen LogP contribution in [0.1, 0.15) is 21.8 Å². The van der Waals surface area contributed by atoms with E-state index in [0.29, 0.717) is 27.4 Å². The van der Waals surface area contributed by atoms with Gasteiger partial charge in [-0.2, -0.15) is 13.2 Å². The number of rotatable bonds is 4. The van der Waals surface area contributed by atoms with Gasteiger partial charge in [-0.3, -0.25) is 4.98 Å². The molecular formula is C17H9Cl2F3N2O3. The van der Waals surface area contributed by atoms with Crippen LogP contribution in [0.15, 0.2) is 47.1 Å². The molecule has 27 heavy (non-hydrogen) atoms. The average Bonchev–Trinajstić information content (AvgIpc) is 3.07. The van der Waals surface area contributed by atoms with Crippen LogP contribution in [0.3, 0.4) is 0 Å². The number of aromatic nitrogens is 2. The Morgan fingerprint density at radius 3 is 2.56 bits per heavy atom. The summed E-state index contributed by atoms with van der Waals surface area (Å²) in [5.74, 6) is -0.622. The lowest BCUT2D eigenvalue weighted by Gasteiger charge is -2.06. The predicted molar refractivity (Wildman–Crippen MR) is 90.3 cm³/mol. The van der Waals surface area contributed by atoms with Crippen molar-refractivity contribution >= 4 is 29.2 Å². The Hall–Kier alpha value is -2.58. The van der Waals surface area contributed by atoms with E-state index in [1.165, 1.54) is 6.07 Å². The Morgan fingerprint density at radius 2 is 1.93 bits per heavy atom. The fourth-order valence-corrected chi connectivity index (χ4v) is 2.61. The second-order valence-electron chi connectivity index (χ2n) is 5.31. The Bertz CT molecular complexity index is 972. The van der Waals surface area contributed by atoms with E-state index in [0.717, 1.165) is 12.3 Å². The van der Waals surface area contributed by atoms with Crippen molar-refractivity contribution in [2.24, 2.45) is 0 Å². The van der Waals surface area contributed by atoms with Gasteiger partial charge < -0.3 is 9.26 Å². The van der Waals surface area contributed by atoms with Crippen molar-refractivity contribution in [1.82, 2.24) is 10.1 Å². The minimum Gasteiger partial charge on any atom is -0.454 e. The number of esters is 1. The fourth-order valence-electron chi connectivity index (χ4n) is 2.11. The van der Waals surface area contributed by atoms with Crippen LogP contribution in [0.4, 0.5) is 13.2 Å². The van der Waals surface area contributed by atoms with E-state index >= 15 is 0 Å². The summed E-state index contributed by atoms with van der Waals surface area (Å²) >= 11 is 11.9. The molecule has 2 aromatic heterocycles. The molecule has 3 rings (SSSR count). The molecule has 0 radical (unpaired) electrons. The summed E-state index contributed by atoms with van der Waals surface area (Å²) in [6, 6.07) is 8.04. The SMILES string of the molecule is O=C(OCc1cc(-c2ccc(Cl)cc2Cl)no1)c1ccc(C(F)(F)F)nc1. The van der Waals surface area contributed by atoms with Crippen molar-refractivity contribution in [3.8, 4) is 11.3 Å². The summed E-state index contributed by atoms with van der Waals surface area (Å²) < 4.78 is 47.5. The fraction of sp³-hybridized carbons (Fsp3) is 0.118.